The fourth-order valence-corrected chi connectivity index (χ4v) is 3.21. The van der Waals surface area contributed by atoms with E-state index >= 15 is 0 Å². The molecule has 0 saturated carbocycles. The highest BCUT2D eigenvalue weighted by molar-refractivity contribution is 6.01. The summed E-state index contributed by atoms with van der Waals surface area (Å²) in [7, 11) is 3.40. The summed E-state index contributed by atoms with van der Waals surface area (Å²) < 4.78 is 38.6. The first-order valence-corrected chi connectivity index (χ1v) is 8.09. The lowest BCUT2D eigenvalue weighted by Gasteiger charge is -2.38. The van der Waals surface area contributed by atoms with Gasteiger partial charge in [0.2, 0.25) is 0 Å². The van der Waals surface area contributed by atoms with Crippen molar-refractivity contribution in [1.82, 2.24) is 9.80 Å². The molecule has 1 saturated heterocycles. The molecule has 0 aromatic heterocycles. The van der Waals surface area contributed by atoms with Gasteiger partial charge >= 0.3 is 12.2 Å². The molecule has 1 aromatic carbocycles. The summed E-state index contributed by atoms with van der Waals surface area (Å²) in [6, 6.07) is 5.09. The van der Waals surface area contributed by atoms with Crippen LogP contribution in [-0.4, -0.2) is 54.3 Å². The highest BCUT2D eigenvalue weighted by Crippen LogP contribution is 2.37. The monoisotopic (exact) mass is 355 g/mol. The molecule has 8 heteroatoms. The van der Waals surface area contributed by atoms with Gasteiger partial charge in [0.15, 0.2) is 0 Å². The summed E-state index contributed by atoms with van der Waals surface area (Å²) >= 11 is 0. The Kier molecular flexibility index (Phi) is 4.38. The van der Waals surface area contributed by atoms with Crippen molar-refractivity contribution in [2.75, 3.05) is 27.2 Å². The minimum absolute atomic E-state index is 0.0492. The van der Waals surface area contributed by atoms with Crippen LogP contribution in [0, 0.1) is 0 Å². The van der Waals surface area contributed by atoms with Crippen LogP contribution >= 0.6 is 0 Å². The van der Waals surface area contributed by atoms with Crippen LogP contribution in [0.2, 0.25) is 0 Å². The second-order valence-electron chi connectivity index (χ2n) is 6.73. The van der Waals surface area contributed by atoms with Gasteiger partial charge in [-0.05, 0) is 12.1 Å². The van der Waals surface area contributed by atoms with Crippen molar-refractivity contribution < 1.29 is 22.8 Å². The molecule has 0 radical (unpaired) electrons. The second kappa shape index (κ2) is 6.24. The molecule has 2 aliphatic rings. The summed E-state index contributed by atoms with van der Waals surface area (Å²) in [5.41, 5.74) is -0.260. The number of rotatable bonds is 1. The van der Waals surface area contributed by atoms with Crippen molar-refractivity contribution in [2.45, 2.75) is 31.0 Å². The van der Waals surface area contributed by atoms with E-state index in [1.54, 1.807) is 25.1 Å². The molecule has 1 aromatic rings. The molecule has 2 aliphatic heterocycles. The van der Waals surface area contributed by atoms with E-state index in [0.29, 0.717) is 43.6 Å². The van der Waals surface area contributed by atoms with Crippen molar-refractivity contribution in [3.63, 3.8) is 0 Å². The quantitative estimate of drug-likeness (QED) is 0.776. The number of carbonyl (C=O) groups excluding carboxylic acids is 1. The molecule has 3 rings (SSSR count). The molecule has 1 fully saturated rings. The number of oxime groups is 1. The van der Waals surface area contributed by atoms with E-state index < -0.39 is 17.3 Å². The zero-order valence-electron chi connectivity index (χ0n) is 14.1. The zero-order valence-corrected chi connectivity index (χ0v) is 14.1. The average Bonchev–Trinajstić information content (AvgIpc) is 2.98. The predicted octanol–water partition coefficient (Wildman–Crippen LogP) is 3.35. The third kappa shape index (κ3) is 3.57. The maximum Gasteiger partial charge on any atom is 0.416 e. The number of piperidine rings is 1. The van der Waals surface area contributed by atoms with Gasteiger partial charge in [-0.3, -0.25) is 0 Å². The molecule has 0 aliphatic carbocycles. The summed E-state index contributed by atoms with van der Waals surface area (Å²) in [5.74, 6) is 0. The standard InChI is InChI=1S/C17H20F3N3O2/c1-22(2)15(24)23-8-6-16(7-9-23)11-14(21-25-16)12-4-3-5-13(10-12)17(18,19)20/h3-5,10H,6-9,11H2,1-2H3. The Labute approximate surface area is 144 Å². The molecule has 0 N–H and O–H groups in total. The van der Waals surface area contributed by atoms with E-state index in [1.807, 2.05) is 0 Å². The summed E-state index contributed by atoms with van der Waals surface area (Å²) in [6.07, 6.45) is -2.71. The Balaban J connectivity index is 1.67. The van der Waals surface area contributed by atoms with Crippen LogP contribution in [0.1, 0.15) is 30.4 Å². The molecule has 2 heterocycles. The van der Waals surface area contributed by atoms with Gasteiger partial charge in [0.1, 0.15) is 5.60 Å². The smallest absolute Gasteiger partial charge is 0.388 e. The summed E-state index contributed by atoms with van der Waals surface area (Å²) in [4.78, 5) is 20.9. The number of alkyl halides is 3. The van der Waals surface area contributed by atoms with Gasteiger partial charge in [-0.2, -0.15) is 13.2 Å². The molecule has 0 atom stereocenters. The van der Waals surface area contributed by atoms with Crippen molar-refractivity contribution in [3.8, 4) is 0 Å². The first kappa shape index (κ1) is 17.6. The predicted molar refractivity (Wildman–Crippen MR) is 86.3 cm³/mol. The Morgan fingerprint density at radius 1 is 1.28 bits per heavy atom. The lowest BCUT2D eigenvalue weighted by Crippen LogP contribution is -2.49. The van der Waals surface area contributed by atoms with Gasteiger partial charge in [-0.15, -0.1) is 0 Å². The molecule has 0 unspecified atom stereocenters. The maximum atomic E-state index is 12.9. The Hall–Kier alpha value is -2.25. The lowest BCUT2D eigenvalue weighted by atomic mass is 9.85. The van der Waals surface area contributed by atoms with E-state index in [-0.39, 0.29) is 6.03 Å². The normalized spacial score (nSPS) is 19.6. The second-order valence-corrected chi connectivity index (χ2v) is 6.73. The largest absolute Gasteiger partial charge is 0.416 e. The Morgan fingerprint density at radius 2 is 1.96 bits per heavy atom. The fraction of sp³-hybridized carbons (Fsp3) is 0.529. The van der Waals surface area contributed by atoms with Crippen LogP contribution in [0.3, 0.4) is 0 Å². The minimum atomic E-state index is -4.38. The van der Waals surface area contributed by atoms with Crippen LogP contribution in [0.15, 0.2) is 29.4 Å². The summed E-state index contributed by atoms with van der Waals surface area (Å²) in [6.45, 7) is 1.09. The molecule has 5 nitrogen and oxygen atoms in total. The molecule has 1 spiro atoms. The minimum Gasteiger partial charge on any atom is -0.388 e. The van der Waals surface area contributed by atoms with E-state index in [0.717, 1.165) is 12.1 Å². The molecule has 0 bridgehead atoms. The van der Waals surface area contributed by atoms with Gasteiger partial charge in [0, 0.05) is 52.0 Å². The van der Waals surface area contributed by atoms with Crippen LogP contribution in [-0.2, 0) is 11.0 Å². The van der Waals surface area contributed by atoms with Gasteiger partial charge in [0.25, 0.3) is 0 Å². The zero-order chi connectivity index (χ0) is 18.2. The number of likely N-dealkylation sites (tertiary alicyclic amines) is 1. The molecular weight excluding hydrogens is 335 g/mol. The van der Waals surface area contributed by atoms with E-state index in [4.69, 9.17) is 4.84 Å². The molecular formula is C17H20F3N3O2. The molecule has 2 amide bonds. The first-order chi connectivity index (χ1) is 11.7. The number of hydrogen-bond acceptors (Lipinski definition) is 3. The number of carbonyl (C=O) groups is 1. The number of urea groups is 1. The third-order valence-corrected chi connectivity index (χ3v) is 4.69. The van der Waals surface area contributed by atoms with Crippen LogP contribution in [0.5, 0.6) is 0 Å². The maximum absolute atomic E-state index is 12.9. The number of hydrogen-bond donors (Lipinski definition) is 0. The van der Waals surface area contributed by atoms with Crippen molar-refractivity contribution in [2.24, 2.45) is 5.16 Å². The van der Waals surface area contributed by atoms with Crippen LogP contribution in [0.4, 0.5) is 18.0 Å². The van der Waals surface area contributed by atoms with Crippen LogP contribution < -0.4 is 0 Å². The Bertz CT molecular complexity index is 693. The fourth-order valence-electron chi connectivity index (χ4n) is 3.21. The van der Waals surface area contributed by atoms with E-state index in [1.165, 1.54) is 11.0 Å². The SMILES string of the molecule is CN(C)C(=O)N1CCC2(CC1)CC(c1cccc(C(F)(F)F)c1)=NO2. The van der Waals surface area contributed by atoms with Crippen LogP contribution in [0.25, 0.3) is 0 Å². The molecule has 136 valence electrons. The number of benzene rings is 1. The Morgan fingerprint density at radius 3 is 2.56 bits per heavy atom. The average molecular weight is 355 g/mol. The van der Waals surface area contributed by atoms with Gasteiger partial charge in [0.05, 0.1) is 11.3 Å². The first-order valence-electron chi connectivity index (χ1n) is 8.09. The van der Waals surface area contributed by atoms with Gasteiger partial charge < -0.3 is 14.6 Å². The number of nitrogens with zero attached hydrogens (tertiary/aromatic N) is 3. The van der Waals surface area contributed by atoms with Gasteiger partial charge in [-0.25, -0.2) is 4.79 Å². The summed E-state index contributed by atoms with van der Waals surface area (Å²) in [5, 5.41) is 4.05. The highest BCUT2D eigenvalue weighted by atomic mass is 19.4. The topological polar surface area (TPSA) is 45.1 Å². The highest BCUT2D eigenvalue weighted by Gasteiger charge is 2.43. The van der Waals surface area contributed by atoms with E-state index in [2.05, 4.69) is 5.16 Å². The number of amides is 2. The third-order valence-electron chi connectivity index (χ3n) is 4.69. The van der Waals surface area contributed by atoms with Crippen molar-refractivity contribution >= 4 is 11.7 Å². The lowest BCUT2D eigenvalue weighted by molar-refractivity contribution is -0.137. The van der Waals surface area contributed by atoms with Crippen molar-refractivity contribution in [1.29, 1.82) is 0 Å². The van der Waals surface area contributed by atoms with Crippen molar-refractivity contribution in [3.05, 3.63) is 35.4 Å². The van der Waals surface area contributed by atoms with Gasteiger partial charge in [-0.1, -0.05) is 17.3 Å². The molecule has 25 heavy (non-hydrogen) atoms. The van der Waals surface area contributed by atoms with E-state index in [9.17, 15) is 18.0 Å². The number of halogens is 3.